The minimum absolute atomic E-state index is 0.0149. The molecular formula is C54H40ClF6N7O8S4. The maximum absolute atomic E-state index is 15.9. The van der Waals surface area contributed by atoms with E-state index in [1.165, 1.54) is 65.3 Å². The molecule has 0 saturated heterocycles. The first-order valence-corrected chi connectivity index (χ1v) is 28.6. The van der Waals surface area contributed by atoms with Crippen molar-refractivity contribution in [2.75, 3.05) is 5.32 Å². The van der Waals surface area contributed by atoms with Crippen LogP contribution in [0.3, 0.4) is 0 Å². The molecule has 0 unspecified atom stereocenters. The fourth-order valence-corrected chi connectivity index (χ4v) is 13.1. The van der Waals surface area contributed by atoms with Crippen molar-refractivity contribution in [3.8, 4) is 43.7 Å². The average molecular weight is 1190 g/mol. The van der Waals surface area contributed by atoms with Gasteiger partial charge >= 0.3 is 12.3 Å². The van der Waals surface area contributed by atoms with Crippen molar-refractivity contribution in [2.24, 2.45) is 0 Å². The Hall–Kier alpha value is -8.15. The van der Waals surface area contributed by atoms with Crippen molar-refractivity contribution in [1.82, 2.24) is 29.9 Å². The molecule has 0 amide bonds. The molecule has 0 saturated carbocycles. The van der Waals surface area contributed by atoms with Gasteiger partial charge in [-0.2, -0.15) is 19.2 Å². The number of para-hydroxylation sites is 1. The van der Waals surface area contributed by atoms with Gasteiger partial charge in [-0.3, -0.25) is 0 Å². The van der Waals surface area contributed by atoms with E-state index < -0.39 is 75.9 Å². The molecule has 9 aromatic rings. The monoisotopic (exact) mass is 1190 g/mol. The number of halogens is 7. The number of anilines is 2. The standard InChI is InChI=1S/C29H23F3N4O2S2.C23H17ClF3N3O2S2.2CO2/c1-2-8-24-36-26(27(39-24)23-15-16-33-29(35-23)34-19-10-4-3-5-11-19)20-12-6-9-18(25(20)32)17-40(37,38)28-21(30)13-7-14-22(28)31;1-2-5-18-30-20(21(33-18)17-10-11-28-23(24)29-17)14-7-3-6-13(19(14)27)12-34(31,32)22-15(25)8-4-9-16(22)26;2*2-1-3/h3-7,9-16H,2,8,17H2,1H3,(H,33,34,35);3-4,6-11H,2,5,12H2,1H3;;. The quantitative estimate of drug-likeness (QED) is 0.0701. The Bertz CT molecular complexity index is 3910. The summed E-state index contributed by atoms with van der Waals surface area (Å²) in [5, 5.41) is 4.65. The van der Waals surface area contributed by atoms with Crippen LogP contribution in [0, 0.1) is 34.9 Å². The van der Waals surface area contributed by atoms with Crippen LogP contribution in [0.2, 0.25) is 5.28 Å². The first-order valence-electron chi connectivity index (χ1n) is 23.3. The molecule has 4 aromatic heterocycles. The minimum atomic E-state index is -4.53. The lowest BCUT2D eigenvalue weighted by atomic mass is 10.1. The molecule has 5 aromatic carbocycles. The van der Waals surface area contributed by atoms with Gasteiger partial charge < -0.3 is 5.32 Å². The molecule has 9 rings (SSSR count). The molecule has 0 fully saturated rings. The van der Waals surface area contributed by atoms with E-state index >= 15 is 8.78 Å². The summed E-state index contributed by atoms with van der Waals surface area (Å²) < 4.78 is 140. The SMILES string of the molecule is CCCc1nc(-c2cccc(CS(=O)(=O)c3c(F)cccc3F)c2F)c(-c2ccnc(Cl)n2)s1.CCCc1nc(-c2cccc(CS(=O)(=O)c3c(F)cccc3F)c2F)c(-c2ccnc(Nc3ccccc3)n2)s1.O=C=O.O=C=O. The number of nitrogens with one attached hydrogen (secondary N) is 1. The van der Waals surface area contributed by atoms with Gasteiger partial charge in [0.2, 0.25) is 11.2 Å². The Morgan fingerprint density at radius 1 is 0.512 bits per heavy atom. The Kier molecular flexibility index (Phi) is 21.5. The van der Waals surface area contributed by atoms with Crippen LogP contribution in [0.4, 0.5) is 38.0 Å². The van der Waals surface area contributed by atoms with Gasteiger partial charge in [-0.15, -0.1) is 22.7 Å². The fraction of sp³-hybridized carbons (Fsp3) is 0.148. The van der Waals surface area contributed by atoms with Crippen molar-refractivity contribution in [3.05, 3.63) is 189 Å². The number of benzene rings is 5. The number of aryl methyl sites for hydroxylation is 2. The summed E-state index contributed by atoms with van der Waals surface area (Å²) in [5.41, 5.74) is 1.96. The largest absolute Gasteiger partial charge is 0.373 e. The van der Waals surface area contributed by atoms with E-state index in [-0.39, 0.29) is 45.5 Å². The second-order valence-electron chi connectivity index (χ2n) is 16.4. The molecule has 0 aliphatic heterocycles. The summed E-state index contributed by atoms with van der Waals surface area (Å²) in [5.74, 6) is -8.13. The molecule has 412 valence electrons. The average Bonchev–Trinajstić information content (AvgIpc) is 4.16. The maximum Gasteiger partial charge on any atom is 0.373 e. The van der Waals surface area contributed by atoms with Crippen molar-refractivity contribution < 1.29 is 62.4 Å². The molecule has 4 heterocycles. The summed E-state index contributed by atoms with van der Waals surface area (Å²) in [6, 6.07) is 26.7. The highest BCUT2D eigenvalue weighted by Crippen LogP contribution is 2.41. The summed E-state index contributed by atoms with van der Waals surface area (Å²) in [6.45, 7) is 3.98. The van der Waals surface area contributed by atoms with Crippen molar-refractivity contribution in [1.29, 1.82) is 0 Å². The first kappa shape index (κ1) is 61.1. The number of carbonyl (C=O) groups excluding carboxylic acids is 4. The molecule has 26 heteroatoms. The summed E-state index contributed by atoms with van der Waals surface area (Å²) in [7, 11) is -9.05. The normalized spacial score (nSPS) is 10.9. The number of hydrogen-bond donors (Lipinski definition) is 1. The number of sulfone groups is 2. The number of thiazole rings is 2. The zero-order valence-corrected chi connectivity index (χ0v) is 45.6. The molecule has 0 bridgehead atoms. The van der Waals surface area contributed by atoms with E-state index in [0.717, 1.165) is 64.9 Å². The molecule has 80 heavy (non-hydrogen) atoms. The van der Waals surface area contributed by atoms with E-state index in [9.17, 15) is 34.4 Å². The van der Waals surface area contributed by atoms with Gasteiger partial charge in [0.05, 0.1) is 54.1 Å². The lowest BCUT2D eigenvalue weighted by molar-refractivity contribution is -0.193. The minimum Gasteiger partial charge on any atom is -0.324 e. The van der Waals surface area contributed by atoms with E-state index in [0.29, 0.717) is 45.6 Å². The van der Waals surface area contributed by atoms with E-state index in [1.54, 1.807) is 18.3 Å². The second-order valence-corrected chi connectivity index (χ2v) is 22.7. The predicted octanol–water partition coefficient (Wildman–Crippen LogP) is 12.5. The Morgan fingerprint density at radius 2 is 0.912 bits per heavy atom. The van der Waals surface area contributed by atoms with Crippen molar-refractivity contribution in [3.63, 3.8) is 0 Å². The summed E-state index contributed by atoms with van der Waals surface area (Å²) >= 11 is 8.62. The Labute approximate surface area is 466 Å². The van der Waals surface area contributed by atoms with Crippen LogP contribution in [0.25, 0.3) is 43.7 Å². The summed E-state index contributed by atoms with van der Waals surface area (Å²) in [6.07, 6.45) is 6.48. The number of nitrogens with zero attached hydrogens (tertiary/aromatic N) is 6. The lowest BCUT2D eigenvalue weighted by Gasteiger charge is -2.11. The fourth-order valence-electron chi connectivity index (χ4n) is 7.60. The van der Waals surface area contributed by atoms with E-state index in [4.69, 9.17) is 30.8 Å². The smallest absolute Gasteiger partial charge is 0.324 e. The van der Waals surface area contributed by atoms with Gasteiger partial charge in [0.15, 0.2) is 19.7 Å². The van der Waals surface area contributed by atoms with Gasteiger partial charge in [0.1, 0.15) is 44.7 Å². The van der Waals surface area contributed by atoms with E-state index in [1.807, 2.05) is 44.2 Å². The molecular weight excluding hydrogens is 1150 g/mol. The highest BCUT2D eigenvalue weighted by molar-refractivity contribution is 7.91. The van der Waals surface area contributed by atoms with Crippen LogP contribution < -0.4 is 5.32 Å². The Morgan fingerprint density at radius 3 is 1.32 bits per heavy atom. The third kappa shape index (κ3) is 15.1. The lowest BCUT2D eigenvalue weighted by Crippen LogP contribution is -2.11. The highest BCUT2D eigenvalue weighted by Gasteiger charge is 2.30. The number of rotatable bonds is 16. The van der Waals surface area contributed by atoms with Crippen LogP contribution in [0.15, 0.2) is 137 Å². The molecule has 0 spiro atoms. The highest BCUT2D eigenvalue weighted by atomic mass is 35.5. The van der Waals surface area contributed by atoms with Gasteiger partial charge in [-0.25, -0.2) is 73.1 Å². The Balaban J connectivity index is 0.000000238. The van der Waals surface area contributed by atoms with E-state index in [2.05, 4.69) is 35.2 Å². The first-order chi connectivity index (χ1) is 38.3. The van der Waals surface area contributed by atoms with Gasteiger partial charge in [-0.1, -0.05) is 68.4 Å². The van der Waals surface area contributed by atoms with Crippen molar-refractivity contribution >= 4 is 77.9 Å². The molecule has 0 atom stereocenters. The summed E-state index contributed by atoms with van der Waals surface area (Å²) in [4.78, 5) is 57.7. The van der Waals surface area contributed by atoms with Crippen LogP contribution in [-0.4, -0.2) is 59.0 Å². The van der Waals surface area contributed by atoms with Crippen LogP contribution in [0.5, 0.6) is 0 Å². The van der Waals surface area contributed by atoms with Gasteiger partial charge in [0.25, 0.3) is 0 Å². The molecule has 15 nitrogen and oxygen atoms in total. The zero-order chi connectivity index (χ0) is 58.1. The van der Waals surface area contributed by atoms with Crippen LogP contribution in [-0.2, 0) is 63.2 Å². The predicted molar refractivity (Wildman–Crippen MR) is 284 cm³/mol. The zero-order valence-electron chi connectivity index (χ0n) is 41.6. The molecule has 0 radical (unpaired) electrons. The third-order valence-corrected chi connectivity index (χ3v) is 16.7. The molecule has 1 N–H and O–H groups in total. The van der Waals surface area contributed by atoms with Crippen LogP contribution in [0.1, 0.15) is 47.8 Å². The maximum atomic E-state index is 15.9. The topological polar surface area (TPSA) is 226 Å². The third-order valence-electron chi connectivity index (χ3n) is 10.9. The molecule has 0 aliphatic carbocycles. The number of hydrogen-bond acceptors (Lipinski definition) is 17. The van der Waals surface area contributed by atoms with Gasteiger partial charge in [0, 0.05) is 40.3 Å². The molecule has 0 aliphatic rings. The number of aromatic nitrogens is 6. The van der Waals surface area contributed by atoms with Crippen LogP contribution >= 0.6 is 34.3 Å². The van der Waals surface area contributed by atoms with Crippen molar-refractivity contribution in [2.45, 2.75) is 60.8 Å². The van der Waals surface area contributed by atoms with Gasteiger partial charge in [-0.05, 0) is 97.9 Å². The second kappa shape index (κ2) is 28.1.